The lowest BCUT2D eigenvalue weighted by atomic mass is 10.3. The lowest BCUT2D eigenvalue weighted by Gasteiger charge is -2.26. The Balaban J connectivity index is 2.35. The summed E-state index contributed by atoms with van der Waals surface area (Å²) in [6.07, 6.45) is 0.197. The fraction of sp³-hybridized carbons (Fsp3) is 0.500. The molecule has 1 aliphatic rings. The molecule has 0 spiro atoms. The third kappa shape index (κ3) is 3.60. The lowest BCUT2D eigenvalue weighted by molar-refractivity contribution is 0.232. The number of hydrogen-bond donors (Lipinski definition) is 1. The van der Waals surface area contributed by atoms with E-state index >= 15 is 0 Å². The number of rotatable bonds is 5. The molecule has 1 N–H and O–H groups in total. The maximum atomic E-state index is 12.9. The van der Waals surface area contributed by atoms with Gasteiger partial charge in [0.2, 0.25) is 10.0 Å². The van der Waals surface area contributed by atoms with E-state index in [0.717, 1.165) is 28.6 Å². The topological polar surface area (TPSA) is 91.8 Å². The quantitative estimate of drug-likeness (QED) is 0.816. The maximum Gasteiger partial charge on any atom is 0.243 e. The van der Waals surface area contributed by atoms with E-state index in [9.17, 15) is 21.2 Å². The Hall–Kier alpha value is -1.03. The van der Waals surface area contributed by atoms with Gasteiger partial charge in [0.1, 0.15) is 5.82 Å². The van der Waals surface area contributed by atoms with Crippen LogP contribution in [0.4, 0.5) is 4.39 Å². The Kier molecular flexibility index (Phi) is 4.66. The number of aliphatic hydroxyl groups is 1. The van der Waals surface area contributed by atoms with Crippen LogP contribution in [0.1, 0.15) is 6.42 Å². The average molecular weight is 337 g/mol. The summed E-state index contributed by atoms with van der Waals surface area (Å²) < 4.78 is 62.0. The van der Waals surface area contributed by atoms with Crippen molar-refractivity contribution < 1.29 is 26.3 Å². The monoisotopic (exact) mass is 337 g/mol. The number of sulfone groups is 1. The van der Waals surface area contributed by atoms with E-state index in [1.165, 1.54) is 0 Å². The number of sulfonamides is 1. The highest BCUT2D eigenvalue weighted by molar-refractivity contribution is 7.92. The third-order valence-electron chi connectivity index (χ3n) is 3.36. The van der Waals surface area contributed by atoms with Crippen LogP contribution in [0, 0.1) is 5.82 Å². The molecule has 21 heavy (non-hydrogen) atoms. The Morgan fingerprint density at radius 2 is 1.90 bits per heavy atom. The SMILES string of the molecule is O=S1(=O)CC[C@H](N(CCO)S(=O)(=O)c2ccc(F)cc2)C1. The van der Waals surface area contributed by atoms with Gasteiger partial charge in [-0.2, -0.15) is 4.31 Å². The Labute approximate surface area is 123 Å². The maximum absolute atomic E-state index is 12.9. The van der Waals surface area contributed by atoms with Gasteiger partial charge in [0.25, 0.3) is 0 Å². The summed E-state index contributed by atoms with van der Waals surface area (Å²) in [5, 5.41) is 9.07. The summed E-state index contributed by atoms with van der Waals surface area (Å²) in [4.78, 5) is -0.123. The Bertz CT molecular complexity index is 700. The van der Waals surface area contributed by atoms with Gasteiger partial charge in [-0.05, 0) is 30.7 Å². The fourth-order valence-corrected chi connectivity index (χ4v) is 5.81. The van der Waals surface area contributed by atoms with Gasteiger partial charge in [0, 0.05) is 12.6 Å². The fourth-order valence-electron chi connectivity index (χ4n) is 2.34. The van der Waals surface area contributed by atoms with Gasteiger partial charge in [-0.3, -0.25) is 0 Å². The largest absolute Gasteiger partial charge is 0.395 e. The first-order valence-corrected chi connectivity index (χ1v) is 9.61. The predicted octanol–water partition coefficient (Wildman–Crippen LogP) is -0.00420. The Morgan fingerprint density at radius 1 is 1.29 bits per heavy atom. The second-order valence-electron chi connectivity index (χ2n) is 4.85. The zero-order valence-corrected chi connectivity index (χ0v) is 12.8. The highest BCUT2D eigenvalue weighted by Crippen LogP contribution is 2.24. The van der Waals surface area contributed by atoms with Gasteiger partial charge in [-0.1, -0.05) is 0 Å². The van der Waals surface area contributed by atoms with Crippen molar-refractivity contribution in [2.45, 2.75) is 17.4 Å². The number of nitrogens with zero attached hydrogens (tertiary/aromatic N) is 1. The molecular formula is C12H16FNO5S2. The van der Waals surface area contributed by atoms with Gasteiger partial charge in [-0.15, -0.1) is 0 Å². The van der Waals surface area contributed by atoms with Gasteiger partial charge in [0.05, 0.1) is 23.0 Å². The van der Waals surface area contributed by atoms with Crippen LogP contribution in [-0.4, -0.2) is 56.9 Å². The molecule has 1 heterocycles. The third-order valence-corrected chi connectivity index (χ3v) is 7.07. The molecular weight excluding hydrogens is 321 g/mol. The molecule has 0 aromatic heterocycles. The van der Waals surface area contributed by atoms with Crippen LogP contribution in [-0.2, 0) is 19.9 Å². The van der Waals surface area contributed by atoms with E-state index in [2.05, 4.69) is 0 Å². The number of aliphatic hydroxyl groups excluding tert-OH is 1. The first kappa shape index (κ1) is 16.3. The number of hydrogen-bond acceptors (Lipinski definition) is 5. The molecule has 0 bridgehead atoms. The van der Waals surface area contributed by atoms with E-state index in [1.807, 2.05) is 0 Å². The van der Waals surface area contributed by atoms with Gasteiger partial charge in [-0.25, -0.2) is 21.2 Å². The van der Waals surface area contributed by atoms with Crippen molar-refractivity contribution in [1.82, 2.24) is 4.31 Å². The van der Waals surface area contributed by atoms with Crippen molar-refractivity contribution in [3.05, 3.63) is 30.1 Å². The van der Waals surface area contributed by atoms with Gasteiger partial charge >= 0.3 is 0 Å². The van der Waals surface area contributed by atoms with Crippen molar-refractivity contribution >= 4 is 19.9 Å². The highest BCUT2D eigenvalue weighted by Gasteiger charge is 2.38. The molecule has 9 heteroatoms. The summed E-state index contributed by atoms with van der Waals surface area (Å²) in [6, 6.07) is 3.60. The van der Waals surface area contributed by atoms with E-state index in [0.29, 0.717) is 0 Å². The summed E-state index contributed by atoms with van der Waals surface area (Å²) in [5.41, 5.74) is 0. The lowest BCUT2D eigenvalue weighted by Crippen LogP contribution is -2.42. The zero-order chi connectivity index (χ0) is 15.7. The van der Waals surface area contributed by atoms with Crippen molar-refractivity contribution in [2.24, 2.45) is 0 Å². The van der Waals surface area contributed by atoms with Crippen LogP contribution in [0.15, 0.2) is 29.2 Å². The minimum atomic E-state index is -3.97. The van der Waals surface area contributed by atoms with E-state index < -0.39 is 38.3 Å². The molecule has 0 unspecified atom stereocenters. The van der Waals surface area contributed by atoms with Crippen LogP contribution in [0.25, 0.3) is 0 Å². The van der Waals surface area contributed by atoms with Crippen molar-refractivity contribution in [1.29, 1.82) is 0 Å². The van der Waals surface area contributed by atoms with E-state index in [1.54, 1.807) is 0 Å². The average Bonchev–Trinajstić information content (AvgIpc) is 2.76. The van der Waals surface area contributed by atoms with Crippen molar-refractivity contribution in [2.75, 3.05) is 24.7 Å². The molecule has 1 fully saturated rings. The summed E-state index contributed by atoms with van der Waals surface area (Å²) in [6.45, 7) is -0.614. The highest BCUT2D eigenvalue weighted by atomic mass is 32.2. The predicted molar refractivity (Wildman–Crippen MR) is 74.4 cm³/mol. The van der Waals surface area contributed by atoms with Crippen LogP contribution in [0.2, 0.25) is 0 Å². The zero-order valence-electron chi connectivity index (χ0n) is 11.1. The first-order valence-electron chi connectivity index (χ1n) is 6.35. The molecule has 2 rings (SSSR count). The molecule has 0 aliphatic carbocycles. The van der Waals surface area contributed by atoms with Crippen LogP contribution >= 0.6 is 0 Å². The van der Waals surface area contributed by atoms with E-state index in [4.69, 9.17) is 5.11 Å². The van der Waals surface area contributed by atoms with Crippen LogP contribution in [0.3, 0.4) is 0 Å². The van der Waals surface area contributed by atoms with Crippen LogP contribution in [0.5, 0.6) is 0 Å². The van der Waals surface area contributed by atoms with Gasteiger partial charge < -0.3 is 5.11 Å². The first-order chi connectivity index (χ1) is 9.76. The minimum Gasteiger partial charge on any atom is -0.395 e. The normalized spacial score (nSPS) is 21.8. The summed E-state index contributed by atoms with van der Waals surface area (Å²) in [7, 11) is -7.23. The minimum absolute atomic E-state index is 0.0709. The molecule has 1 saturated heterocycles. The number of benzene rings is 1. The van der Waals surface area contributed by atoms with Crippen LogP contribution < -0.4 is 0 Å². The molecule has 0 radical (unpaired) electrons. The van der Waals surface area contributed by atoms with Crippen molar-refractivity contribution in [3.63, 3.8) is 0 Å². The summed E-state index contributed by atoms with van der Waals surface area (Å²) in [5.74, 6) is -0.891. The molecule has 0 saturated carbocycles. The number of halogens is 1. The van der Waals surface area contributed by atoms with Gasteiger partial charge in [0.15, 0.2) is 9.84 Å². The molecule has 0 amide bonds. The standard InChI is InChI=1S/C12H16FNO5S2/c13-10-1-3-12(4-2-10)21(18,19)14(6-7-15)11-5-8-20(16,17)9-11/h1-4,11,15H,5-9H2/t11-/m0/s1. The Morgan fingerprint density at radius 3 is 2.38 bits per heavy atom. The van der Waals surface area contributed by atoms with Crippen molar-refractivity contribution in [3.8, 4) is 0 Å². The van der Waals surface area contributed by atoms with E-state index in [-0.39, 0.29) is 29.4 Å². The molecule has 1 aliphatic heterocycles. The summed E-state index contributed by atoms with van der Waals surface area (Å²) >= 11 is 0. The second-order valence-corrected chi connectivity index (χ2v) is 8.97. The smallest absolute Gasteiger partial charge is 0.243 e. The molecule has 1 aromatic carbocycles. The molecule has 1 atom stereocenters. The molecule has 118 valence electrons. The second kappa shape index (κ2) is 5.99. The molecule has 1 aromatic rings. The molecule has 6 nitrogen and oxygen atoms in total.